The molecule has 108 valence electrons. The average molecular weight is 255 g/mol. The second kappa shape index (κ2) is 6.38. The number of aliphatic hydroxyl groups excluding tert-OH is 1. The SMILES string of the molecule is CC(C)CCN(C)C1CC(O)CCC1C(C)(C)C. The highest BCUT2D eigenvalue weighted by atomic mass is 16.3. The fraction of sp³-hybridized carbons (Fsp3) is 1.00. The van der Waals surface area contributed by atoms with E-state index in [1.807, 2.05) is 0 Å². The Morgan fingerprint density at radius 1 is 1.22 bits per heavy atom. The van der Waals surface area contributed by atoms with Crippen LogP contribution in [0.25, 0.3) is 0 Å². The first kappa shape index (κ1) is 16.0. The Kier molecular flexibility index (Phi) is 5.67. The van der Waals surface area contributed by atoms with Gasteiger partial charge in [0.2, 0.25) is 0 Å². The van der Waals surface area contributed by atoms with Crippen molar-refractivity contribution >= 4 is 0 Å². The predicted octanol–water partition coefficient (Wildman–Crippen LogP) is 3.54. The van der Waals surface area contributed by atoms with E-state index in [9.17, 15) is 5.11 Å². The van der Waals surface area contributed by atoms with Gasteiger partial charge in [-0.25, -0.2) is 0 Å². The molecule has 1 aliphatic carbocycles. The van der Waals surface area contributed by atoms with Crippen molar-refractivity contribution in [3.8, 4) is 0 Å². The molecule has 1 rings (SSSR count). The Morgan fingerprint density at radius 3 is 2.33 bits per heavy atom. The molecule has 18 heavy (non-hydrogen) atoms. The molecule has 0 heterocycles. The van der Waals surface area contributed by atoms with Gasteiger partial charge in [-0.05, 0) is 56.5 Å². The summed E-state index contributed by atoms with van der Waals surface area (Å²) in [6, 6.07) is 0.549. The van der Waals surface area contributed by atoms with Crippen molar-refractivity contribution in [3.63, 3.8) is 0 Å². The Labute approximate surface area is 114 Å². The van der Waals surface area contributed by atoms with Crippen molar-refractivity contribution < 1.29 is 5.11 Å². The normalized spacial score (nSPS) is 30.2. The van der Waals surface area contributed by atoms with E-state index in [0.717, 1.165) is 25.3 Å². The number of hydrogen-bond acceptors (Lipinski definition) is 2. The third-order valence-corrected chi connectivity index (χ3v) is 4.53. The number of aliphatic hydroxyl groups is 1. The first-order valence-corrected chi connectivity index (χ1v) is 7.60. The molecule has 2 nitrogen and oxygen atoms in total. The van der Waals surface area contributed by atoms with E-state index in [1.54, 1.807) is 0 Å². The standard InChI is InChI=1S/C16H33NO/c1-12(2)9-10-17(6)15-11-13(18)7-8-14(15)16(3,4)5/h12-15,18H,7-11H2,1-6H3. The lowest BCUT2D eigenvalue weighted by atomic mass is 9.68. The highest BCUT2D eigenvalue weighted by Crippen LogP contribution is 2.40. The molecule has 0 aromatic rings. The van der Waals surface area contributed by atoms with Crippen molar-refractivity contribution in [3.05, 3.63) is 0 Å². The Hall–Kier alpha value is -0.0800. The molecule has 0 aromatic carbocycles. The lowest BCUT2D eigenvalue weighted by Crippen LogP contribution is -2.48. The maximum absolute atomic E-state index is 9.96. The zero-order valence-electron chi connectivity index (χ0n) is 13.2. The lowest BCUT2D eigenvalue weighted by Gasteiger charge is -2.46. The molecule has 2 heteroatoms. The molecule has 0 bridgehead atoms. The van der Waals surface area contributed by atoms with E-state index < -0.39 is 0 Å². The van der Waals surface area contributed by atoms with Crippen LogP contribution in [0.3, 0.4) is 0 Å². The fourth-order valence-electron chi connectivity index (χ4n) is 3.25. The molecule has 0 aromatic heterocycles. The Balaban J connectivity index is 2.66. The summed E-state index contributed by atoms with van der Waals surface area (Å²) < 4.78 is 0. The van der Waals surface area contributed by atoms with Gasteiger partial charge in [0.05, 0.1) is 6.10 Å². The van der Waals surface area contributed by atoms with Crippen LogP contribution in [0.5, 0.6) is 0 Å². The summed E-state index contributed by atoms with van der Waals surface area (Å²) in [7, 11) is 2.24. The zero-order valence-corrected chi connectivity index (χ0v) is 13.2. The summed E-state index contributed by atoms with van der Waals surface area (Å²) in [6.45, 7) is 12.8. The van der Waals surface area contributed by atoms with E-state index >= 15 is 0 Å². The summed E-state index contributed by atoms with van der Waals surface area (Å²) in [5, 5.41) is 9.96. The smallest absolute Gasteiger partial charge is 0.0555 e. The van der Waals surface area contributed by atoms with Gasteiger partial charge in [-0.1, -0.05) is 34.6 Å². The summed E-state index contributed by atoms with van der Waals surface area (Å²) in [6.07, 6.45) is 4.27. The average Bonchev–Trinajstić information content (AvgIpc) is 2.23. The fourth-order valence-corrected chi connectivity index (χ4v) is 3.25. The molecule has 1 saturated carbocycles. The van der Waals surface area contributed by atoms with Gasteiger partial charge >= 0.3 is 0 Å². The van der Waals surface area contributed by atoms with Crippen molar-refractivity contribution in [2.45, 2.75) is 72.4 Å². The molecule has 0 saturated heterocycles. The summed E-state index contributed by atoms with van der Waals surface area (Å²) >= 11 is 0. The minimum Gasteiger partial charge on any atom is -0.393 e. The van der Waals surface area contributed by atoms with Crippen molar-refractivity contribution in [1.82, 2.24) is 4.90 Å². The van der Waals surface area contributed by atoms with Crippen LogP contribution in [0, 0.1) is 17.3 Å². The molecular weight excluding hydrogens is 222 g/mol. The van der Waals surface area contributed by atoms with Gasteiger partial charge < -0.3 is 10.0 Å². The lowest BCUT2D eigenvalue weighted by molar-refractivity contribution is -0.00326. The second-order valence-corrected chi connectivity index (χ2v) is 7.67. The Bertz CT molecular complexity index is 244. The van der Waals surface area contributed by atoms with Crippen LogP contribution < -0.4 is 0 Å². The minimum absolute atomic E-state index is 0.0879. The van der Waals surface area contributed by atoms with Crippen molar-refractivity contribution in [2.75, 3.05) is 13.6 Å². The van der Waals surface area contributed by atoms with Gasteiger partial charge in [-0.3, -0.25) is 0 Å². The van der Waals surface area contributed by atoms with Crippen LogP contribution in [0.1, 0.15) is 60.3 Å². The highest BCUT2D eigenvalue weighted by molar-refractivity contribution is 4.91. The maximum Gasteiger partial charge on any atom is 0.0555 e. The van der Waals surface area contributed by atoms with Crippen LogP contribution in [-0.2, 0) is 0 Å². The van der Waals surface area contributed by atoms with Crippen molar-refractivity contribution in [1.29, 1.82) is 0 Å². The molecule has 1 N–H and O–H groups in total. The number of hydrogen-bond donors (Lipinski definition) is 1. The van der Waals surface area contributed by atoms with Gasteiger partial charge in [0, 0.05) is 6.04 Å². The molecule has 0 radical (unpaired) electrons. The number of nitrogens with zero attached hydrogens (tertiary/aromatic N) is 1. The van der Waals surface area contributed by atoms with E-state index in [1.165, 1.54) is 12.8 Å². The van der Waals surface area contributed by atoms with E-state index in [-0.39, 0.29) is 6.10 Å². The second-order valence-electron chi connectivity index (χ2n) is 7.67. The monoisotopic (exact) mass is 255 g/mol. The van der Waals surface area contributed by atoms with Gasteiger partial charge in [0.25, 0.3) is 0 Å². The molecule has 3 atom stereocenters. The molecule has 3 unspecified atom stereocenters. The first-order chi connectivity index (χ1) is 8.21. The largest absolute Gasteiger partial charge is 0.393 e. The summed E-state index contributed by atoms with van der Waals surface area (Å²) in [5.41, 5.74) is 0.344. The molecule has 0 amide bonds. The minimum atomic E-state index is -0.0879. The summed E-state index contributed by atoms with van der Waals surface area (Å²) in [5.74, 6) is 1.46. The van der Waals surface area contributed by atoms with Gasteiger partial charge in [0.1, 0.15) is 0 Å². The van der Waals surface area contributed by atoms with E-state index in [0.29, 0.717) is 17.4 Å². The van der Waals surface area contributed by atoms with Gasteiger partial charge in [0.15, 0.2) is 0 Å². The third-order valence-electron chi connectivity index (χ3n) is 4.53. The third kappa shape index (κ3) is 4.55. The van der Waals surface area contributed by atoms with Gasteiger partial charge in [-0.15, -0.1) is 0 Å². The van der Waals surface area contributed by atoms with E-state index in [4.69, 9.17) is 0 Å². The van der Waals surface area contributed by atoms with Crippen LogP contribution in [0.4, 0.5) is 0 Å². The molecule has 0 spiro atoms. The molecule has 1 fully saturated rings. The topological polar surface area (TPSA) is 23.5 Å². The van der Waals surface area contributed by atoms with Gasteiger partial charge in [-0.2, -0.15) is 0 Å². The predicted molar refractivity (Wildman–Crippen MR) is 78.7 cm³/mol. The Morgan fingerprint density at radius 2 is 1.83 bits per heavy atom. The van der Waals surface area contributed by atoms with Crippen molar-refractivity contribution in [2.24, 2.45) is 17.3 Å². The zero-order chi connectivity index (χ0) is 13.9. The quantitative estimate of drug-likeness (QED) is 0.830. The first-order valence-electron chi connectivity index (χ1n) is 7.60. The van der Waals surface area contributed by atoms with Crippen LogP contribution in [0.15, 0.2) is 0 Å². The molecular formula is C16H33NO. The number of rotatable bonds is 4. The highest BCUT2D eigenvalue weighted by Gasteiger charge is 2.38. The molecule has 0 aliphatic heterocycles. The van der Waals surface area contributed by atoms with E-state index in [2.05, 4.69) is 46.6 Å². The van der Waals surface area contributed by atoms with Crippen LogP contribution in [-0.4, -0.2) is 35.7 Å². The van der Waals surface area contributed by atoms with Crippen LogP contribution >= 0.6 is 0 Å². The van der Waals surface area contributed by atoms with Crippen LogP contribution in [0.2, 0.25) is 0 Å². The maximum atomic E-state index is 9.96. The summed E-state index contributed by atoms with van der Waals surface area (Å²) in [4.78, 5) is 2.50. The molecule has 1 aliphatic rings.